The molecular formula is C9H14ClNOS. The number of β-lactam (4-membered cyclic amide) rings is 1. The summed E-state index contributed by atoms with van der Waals surface area (Å²) in [6, 6.07) is 0. The third-order valence-corrected chi connectivity index (χ3v) is 3.79. The van der Waals surface area contributed by atoms with E-state index in [1.54, 1.807) is 16.7 Å². The van der Waals surface area contributed by atoms with E-state index in [4.69, 9.17) is 11.6 Å². The van der Waals surface area contributed by atoms with Crippen LogP contribution in [0.4, 0.5) is 0 Å². The fourth-order valence-electron chi connectivity index (χ4n) is 1.44. The molecule has 2 unspecified atom stereocenters. The topological polar surface area (TPSA) is 20.3 Å². The summed E-state index contributed by atoms with van der Waals surface area (Å²) in [5, 5.41) is 0.959. The van der Waals surface area contributed by atoms with Gasteiger partial charge in [0.1, 0.15) is 0 Å². The van der Waals surface area contributed by atoms with Crippen molar-refractivity contribution in [3.05, 3.63) is 10.7 Å². The van der Waals surface area contributed by atoms with E-state index in [2.05, 4.69) is 0 Å². The molecule has 0 aromatic carbocycles. The molecule has 0 saturated carbocycles. The predicted octanol–water partition coefficient (Wildman–Crippen LogP) is 2.64. The van der Waals surface area contributed by atoms with E-state index in [1.807, 2.05) is 27.0 Å². The summed E-state index contributed by atoms with van der Waals surface area (Å²) in [5.74, 6) is 0.304. The molecule has 0 aromatic rings. The van der Waals surface area contributed by atoms with Gasteiger partial charge in [-0.1, -0.05) is 18.5 Å². The highest BCUT2D eigenvalue weighted by Crippen LogP contribution is 2.37. The van der Waals surface area contributed by atoms with Crippen LogP contribution in [0.15, 0.2) is 10.7 Å². The second-order valence-corrected chi connectivity index (χ2v) is 4.76. The Balaban J connectivity index is 2.83. The molecule has 1 fully saturated rings. The van der Waals surface area contributed by atoms with Crippen molar-refractivity contribution in [3.63, 3.8) is 0 Å². The molecule has 0 N–H and O–H groups in total. The molecule has 1 aliphatic rings. The Morgan fingerprint density at radius 1 is 1.54 bits per heavy atom. The van der Waals surface area contributed by atoms with Gasteiger partial charge in [0.2, 0.25) is 5.91 Å². The van der Waals surface area contributed by atoms with E-state index >= 15 is 0 Å². The van der Waals surface area contributed by atoms with Crippen LogP contribution >= 0.6 is 23.4 Å². The van der Waals surface area contributed by atoms with Crippen molar-refractivity contribution in [1.29, 1.82) is 0 Å². The molecule has 2 nitrogen and oxygen atoms in total. The maximum atomic E-state index is 11.5. The quantitative estimate of drug-likeness (QED) is 0.666. The first-order valence-corrected chi connectivity index (χ1v) is 5.86. The zero-order valence-corrected chi connectivity index (χ0v) is 9.87. The SMILES string of the molecule is CSC1C(C)C(=O)N1/C(C)=C(/C)Cl. The minimum atomic E-state index is 0.126. The van der Waals surface area contributed by atoms with Gasteiger partial charge in [-0.3, -0.25) is 4.79 Å². The van der Waals surface area contributed by atoms with Crippen molar-refractivity contribution in [3.8, 4) is 0 Å². The predicted molar refractivity (Wildman–Crippen MR) is 57.5 cm³/mol. The van der Waals surface area contributed by atoms with Crippen LogP contribution in [0, 0.1) is 5.92 Å². The molecule has 13 heavy (non-hydrogen) atoms. The second kappa shape index (κ2) is 3.93. The Morgan fingerprint density at radius 2 is 2.08 bits per heavy atom. The van der Waals surface area contributed by atoms with Gasteiger partial charge in [0.05, 0.1) is 11.3 Å². The summed E-state index contributed by atoms with van der Waals surface area (Å²) in [4.78, 5) is 13.3. The molecule has 1 heterocycles. The van der Waals surface area contributed by atoms with E-state index in [9.17, 15) is 4.79 Å². The Kier molecular flexibility index (Phi) is 3.30. The number of hydrogen-bond acceptors (Lipinski definition) is 2. The van der Waals surface area contributed by atoms with E-state index < -0.39 is 0 Å². The van der Waals surface area contributed by atoms with Crippen molar-refractivity contribution < 1.29 is 4.79 Å². The van der Waals surface area contributed by atoms with Crippen LogP contribution in [-0.2, 0) is 4.79 Å². The molecule has 0 bridgehead atoms. The van der Waals surface area contributed by atoms with Gasteiger partial charge < -0.3 is 4.90 Å². The number of rotatable bonds is 2. The summed E-state index contributed by atoms with van der Waals surface area (Å²) in [6.45, 7) is 5.65. The van der Waals surface area contributed by atoms with Crippen LogP contribution in [0.1, 0.15) is 20.8 Å². The van der Waals surface area contributed by atoms with Crippen LogP contribution in [0.5, 0.6) is 0 Å². The van der Waals surface area contributed by atoms with Crippen molar-refractivity contribution in [2.24, 2.45) is 5.92 Å². The number of hydrogen-bond donors (Lipinski definition) is 0. The van der Waals surface area contributed by atoms with E-state index in [1.165, 1.54) is 0 Å². The summed E-state index contributed by atoms with van der Waals surface area (Å²) in [7, 11) is 0. The third kappa shape index (κ3) is 1.72. The molecule has 1 amide bonds. The van der Waals surface area contributed by atoms with E-state index in [0.29, 0.717) is 5.03 Å². The fourth-order valence-corrected chi connectivity index (χ4v) is 2.53. The minimum absolute atomic E-state index is 0.126. The highest BCUT2D eigenvalue weighted by atomic mass is 35.5. The lowest BCUT2D eigenvalue weighted by molar-refractivity contribution is -0.145. The zero-order chi connectivity index (χ0) is 10.2. The first-order chi connectivity index (χ1) is 6.00. The molecule has 1 rings (SSSR count). The molecule has 4 heteroatoms. The maximum absolute atomic E-state index is 11.5. The van der Waals surface area contributed by atoms with Crippen molar-refractivity contribution in [2.75, 3.05) is 6.26 Å². The first kappa shape index (κ1) is 10.9. The Morgan fingerprint density at radius 3 is 2.46 bits per heavy atom. The van der Waals surface area contributed by atoms with Crippen LogP contribution in [0.3, 0.4) is 0 Å². The Hall–Kier alpha value is -0.150. The largest absolute Gasteiger partial charge is 0.302 e. The number of nitrogens with zero attached hydrogens (tertiary/aromatic N) is 1. The number of carbonyl (C=O) groups excluding carboxylic acids is 1. The monoisotopic (exact) mass is 219 g/mol. The molecule has 2 atom stereocenters. The summed E-state index contributed by atoms with van der Waals surface area (Å²) in [6.07, 6.45) is 2.01. The van der Waals surface area contributed by atoms with Crippen LogP contribution in [0.2, 0.25) is 0 Å². The number of allylic oxidation sites excluding steroid dienone is 2. The summed E-state index contributed by atoms with van der Waals surface area (Å²) >= 11 is 7.54. The van der Waals surface area contributed by atoms with Gasteiger partial charge in [-0.2, -0.15) is 0 Å². The van der Waals surface area contributed by atoms with Gasteiger partial charge in [0.25, 0.3) is 0 Å². The van der Waals surface area contributed by atoms with E-state index in [-0.39, 0.29) is 17.2 Å². The molecular weight excluding hydrogens is 206 g/mol. The smallest absolute Gasteiger partial charge is 0.233 e. The van der Waals surface area contributed by atoms with Crippen LogP contribution < -0.4 is 0 Å². The number of likely N-dealkylation sites (tertiary alicyclic amines) is 1. The highest BCUT2D eigenvalue weighted by molar-refractivity contribution is 7.99. The van der Waals surface area contributed by atoms with Crippen LogP contribution in [-0.4, -0.2) is 22.4 Å². The van der Waals surface area contributed by atoms with Gasteiger partial charge in [-0.15, -0.1) is 11.8 Å². The van der Waals surface area contributed by atoms with E-state index in [0.717, 1.165) is 5.70 Å². The van der Waals surface area contributed by atoms with Gasteiger partial charge in [0, 0.05) is 10.7 Å². The maximum Gasteiger partial charge on any atom is 0.233 e. The number of carbonyl (C=O) groups is 1. The minimum Gasteiger partial charge on any atom is -0.302 e. The molecule has 0 aromatic heterocycles. The number of thioether (sulfide) groups is 1. The first-order valence-electron chi connectivity index (χ1n) is 4.19. The molecule has 0 aliphatic carbocycles. The number of amides is 1. The molecule has 0 spiro atoms. The lowest BCUT2D eigenvalue weighted by Gasteiger charge is -2.45. The third-order valence-electron chi connectivity index (χ3n) is 2.41. The summed E-state index contributed by atoms with van der Waals surface area (Å²) < 4.78 is 0. The number of halogens is 1. The molecule has 1 saturated heterocycles. The zero-order valence-electron chi connectivity index (χ0n) is 8.30. The molecule has 1 aliphatic heterocycles. The average molecular weight is 220 g/mol. The average Bonchev–Trinajstić information content (AvgIpc) is 2.10. The lowest BCUT2D eigenvalue weighted by Crippen LogP contribution is -2.56. The van der Waals surface area contributed by atoms with Crippen molar-refractivity contribution in [2.45, 2.75) is 26.1 Å². The van der Waals surface area contributed by atoms with Crippen LogP contribution in [0.25, 0.3) is 0 Å². The van der Waals surface area contributed by atoms with Gasteiger partial charge >= 0.3 is 0 Å². The molecule has 0 radical (unpaired) electrons. The van der Waals surface area contributed by atoms with Gasteiger partial charge in [0.15, 0.2) is 0 Å². The Bertz CT molecular complexity index is 260. The van der Waals surface area contributed by atoms with Gasteiger partial charge in [-0.05, 0) is 20.1 Å². The Labute approximate surface area is 88.3 Å². The molecule has 74 valence electrons. The fraction of sp³-hybridized carbons (Fsp3) is 0.667. The highest BCUT2D eigenvalue weighted by Gasteiger charge is 2.44. The van der Waals surface area contributed by atoms with Gasteiger partial charge in [-0.25, -0.2) is 0 Å². The standard InChI is InChI=1S/C9H14ClNOS/c1-5-8(12)11(9(5)13-4)7(3)6(2)10/h5,9H,1-4H3/b7-6-. The normalized spacial score (nSPS) is 29.9. The summed E-state index contributed by atoms with van der Waals surface area (Å²) in [5.41, 5.74) is 0.879. The second-order valence-electron chi connectivity index (χ2n) is 3.24. The van der Waals surface area contributed by atoms with Crippen molar-refractivity contribution >= 4 is 29.3 Å². The lowest BCUT2D eigenvalue weighted by atomic mass is 10.00. The van der Waals surface area contributed by atoms with Crippen molar-refractivity contribution in [1.82, 2.24) is 4.90 Å².